The van der Waals surface area contributed by atoms with Crippen LogP contribution in [0.3, 0.4) is 0 Å². The normalized spacial score (nSPS) is 14.8. The highest BCUT2D eigenvalue weighted by molar-refractivity contribution is 14.0. The van der Waals surface area contributed by atoms with Crippen LogP contribution in [0.5, 0.6) is 5.75 Å². The number of methoxy groups -OCH3 is 1. The molecular weight excluding hydrogens is 479 g/mol. The molecule has 0 radical (unpaired) electrons. The Labute approximate surface area is 190 Å². The number of nitrogens with one attached hydrogen (secondary N) is 2. The zero-order valence-corrected chi connectivity index (χ0v) is 19.5. The summed E-state index contributed by atoms with van der Waals surface area (Å²) in [4.78, 5) is 6.73. The van der Waals surface area contributed by atoms with E-state index in [1.807, 2.05) is 24.3 Å². The summed E-state index contributed by atoms with van der Waals surface area (Å²) in [6.07, 6.45) is 0. The summed E-state index contributed by atoms with van der Waals surface area (Å²) in [5.74, 6) is 1.65. The fourth-order valence-corrected chi connectivity index (χ4v) is 3.12. The number of halogens is 1. The predicted octanol–water partition coefficient (Wildman–Crippen LogP) is 3.01. The Morgan fingerprint density at radius 1 is 0.931 bits per heavy atom. The van der Waals surface area contributed by atoms with Gasteiger partial charge in [0.05, 0.1) is 20.3 Å². The lowest BCUT2D eigenvalue weighted by Gasteiger charge is -2.26. The maximum absolute atomic E-state index is 5.41. The number of benzene rings is 2. The van der Waals surface area contributed by atoms with Gasteiger partial charge in [0.25, 0.3) is 0 Å². The third-order valence-corrected chi connectivity index (χ3v) is 4.84. The summed E-state index contributed by atoms with van der Waals surface area (Å²) < 4.78 is 10.6. The van der Waals surface area contributed by atoms with Crippen molar-refractivity contribution in [2.75, 3.05) is 40.5 Å². The van der Waals surface area contributed by atoms with Gasteiger partial charge in [-0.3, -0.25) is 9.89 Å². The van der Waals surface area contributed by atoms with Gasteiger partial charge in [0.15, 0.2) is 5.96 Å². The third-order valence-electron chi connectivity index (χ3n) is 4.84. The second-order valence-corrected chi connectivity index (χ2v) is 6.83. The van der Waals surface area contributed by atoms with E-state index in [0.29, 0.717) is 6.54 Å². The standard InChI is InChI=1S/C22H30N4O2.HI/c1-23-22(25-16-19-7-9-21(27-2)10-8-19)24-15-18-3-5-20(6-4-18)17-26-11-13-28-14-12-26;/h3-10H,11-17H2,1-2H3,(H2,23,24,25);1H. The molecule has 0 aliphatic carbocycles. The first-order valence-corrected chi connectivity index (χ1v) is 9.72. The van der Waals surface area contributed by atoms with Crippen LogP contribution in [0.25, 0.3) is 0 Å². The molecule has 2 aromatic rings. The average molecular weight is 510 g/mol. The molecule has 29 heavy (non-hydrogen) atoms. The van der Waals surface area contributed by atoms with Crippen molar-refractivity contribution in [3.8, 4) is 5.75 Å². The van der Waals surface area contributed by atoms with E-state index in [1.54, 1.807) is 14.2 Å². The van der Waals surface area contributed by atoms with Gasteiger partial charge in [-0.05, 0) is 28.8 Å². The minimum Gasteiger partial charge on any atom is -0.497 e. The molecule has 1 saturated heterocycles. The Morgan fingerprint density at radius 3 is 1.97 bits per heavy atom. The lowest BCUT2D eigenvalue weighted by molar-refractivity contribution is 0.0342. The minimum absolute atomic E-state index is 0. The second kappa shape index (κ2) is 12.7. The van der Waals surface area contributed by atoms with E-state index >= 15 is 0 Å². The number of guanidine groups is 1. The summed E-state index contributed by atoms with van der Waals surface area (Å²) in [5.41, 5.74) is 3.75. The monoisotopic (exact) mass is 510 g/mol. The molecule has 0 spiro atoms. The smallest absolute Gasteiger partial charge is 0.191 e. The van der Waals surface area contributed by atoms with Crippen molar-refractivity contribution in [3.05, 3.63) is 65.2 Å². The third kappa shape index (κ3) is 7.83. The zero-order chi connectivity index (χ0) is 19.6. The molecule has 0 unspecified atom stereocenters. The van der Waals surface area contributed by atoms with Gasteiger partial charge in [0, 0.05) is 39.8 Å². The molecule has 2 N–H and O–H groups in total. The fraction of sp³-hybridized carbons (Fsp3) is 0.409. The second-order valence-electron chi connectivity index (χ2n) is 6.83. The van der Waals surface area contributed by atoms with E-state index in [1.165, 1.54) is 16.7 Å². The Morgan fingerprint density at radius 2 is 1.45 bits per heavy atom. The SMILES string of the molecule is CN=C(NCc1ccc(CN2CCOCC2)cc1)NCc1ccc(OC)cc1.I. The van der Waals surface area contributed by atoms with Crippen LogP contribution in [-0.4, -0.2) is 51.3 Å². The van der Waals surface area contributed by atoms with E-state index in [2.05, 4.69) is 44.8 Å². The van der Waals surface area contributed by atoms with Crippen molar-refractivity contribution < 1.29 is 9.47 Å². The van der Waals surface area contributed by atoms with E-state index in [0.717, 1.165) is 51.1 Å². The van der Waals surface area contributed by atoms with Crippen LogP contribution < -0.4 is 15.4 Å². The van der Waals surface area contributed by atoms with Crippen LogP contribution >= 0.6 is 24.0 Å². The number of nitrogens with zero attached hydrogens (tertiary/aromatic N) is 2. The number of aliphatic imine (C=N–C) groups is 1. The van der Waals surface area contributed by atoms with E-state index < -0.39 is 0 Å². The van der Waals surface area contributed by atoms with Crippen LogP contribution in [0.2, 0.25) is 0 Å². The summed E-state index contributed by atoms with van der Waals surface area (Å²) in [7, 11) is 3.46. The van der Waals surface area contributed by atoms with Crippen LogP contribution in [0.15, 0.2) is 53.5 Å². The van der Waals surface area contributed by atoms with Gasteiger partial charge >= 0.3 is 0 Å². The Kier molecular flexibility index (Phi) is 10.2. The van der Waals surface area contributed by atoms with Gasteiger partial charge < -0.3 is 20.1 Å². The molecule has 0 amide bonds. The number of morpholine rings is 1. The largest absolute Gasteiger partial charge is 0.497 e. The van der Waals surface area contributed by atoms with Crippen LogP contribution in [0, 0.1) is 0 Å². The van der Waals surface area contributed by atoms with Gasteiger partial charge in [-0.2, -0.15) is 0 Å². The molecule has 1 heterocycles. The maximum atomic E-state index is 5.41. The number of hydrogen-bond donors (Lipinski definition) is 2. The molecule has 6 nitrogen and oxygen atoms in total. The summed E-state index contributed by atoms with van der Waals surface area (Å²) in [6, 6.07) is 16.8. The number of hydrogen-bond acceptors (Lipinski definition) is 4. The molecule has 0 aromatic heterocycles. The predicted molar refractivity (Wildman–Crippen MR) is 128 cm³/mol. The Bertz CT molecular complexity index is 744. The zero-order valence-electron chi connectivity index (χ0n) is 17.2. The molecule has 7 heteroatoms. The van der Waals surface area contributed by atoms with E-state index in [9.17, 15) is 0 Å². The highest BCUT2D eigenvalue weighted by atomic mass is 127. The molecule has 1 aliphatic heterocycles. The molecule has 0 bridgehead atoms. The molecule has 1 fully saturated rings. The summed E-state index contributed by atoms with van der Waals surface area (Å²) in [6.45, 7) is 6.14. The number of ether oxygens (including phenoxy) is 2. The lowest BCUT2D eigenvalue weighted by Crippen LogP contribution is -2.36. The molecule has 3 rings (SSSR count). The average Bonchev–Trinajstić information content (AvgIpc) is 2.76. The minimum atomic E-state index is 0. The van der Waals surface area contributed by atoms with Crippen molar-refractivity contribution in [1.29, 1.82) is 0 Å². The number of rotatable bonds is 7. The first-order valence-electron chi connectivity index (χ1n) is 9.72. The Balaban J connectivity index is 0.00000300. The van der Waals surface area contributed by atoms with Crippen LogP contribution in [0.1, 0.15) is 16.7 Å². The van der Waals surface area contributed by atoms with Crippen molar-refractivity contribution in [3.63, 3.8) is 0 Å². The first kappa shape index (κ1) is 23.4. The maximum Gasteiger partial charge on any atom is 0.191 e. The van der Waals surface area contributed by atoms with Crippen molar-refractivity contribution >= 4 is 29.9 Å². The Hall–Kier alpha value is -1.84. The topological polar surface area (TPSA) is 58.1 Å². The first-order chi connectivity index (χ1) is 13.8. The van der Waals surface area contributed by atoms with Crippen LogP contribution in [-0.2, 0) is 24.4 Å². The molecule has 158 valence electrons. The van der Waals surface area contributed by atoms with E-state index in [4.69, 9.17) is 9.47 Å². The lowest BCUT2D eigenvalue weighted by atomic mass is 10.1. The van der Waals surface area contributed by atoms with Gasteiger partial charge in [0.2, 0.25) is 0 Å². The fourth-order valence-electron chi connectivity index (χ4n) is 3.12. The van der Waals surface area contributed by atoms with Gasteiger partial charge in [-0.1, -0.05) is 36.4 Å². The molecular formula is C22H31IN4O2. The summed E-state index contributed by atoms with van der Waals surface area (Å²) in [5, 5.41) is 6.71. The molecule has 0 atom stereocenters. The van der Waals surface area contributed by atoms with Crippen molar-refractivity contribution in [2.24, 2.45) is 4.99 Å². The highest BCUT2D eigenvalue weighted by Gasteiger charge is 2.10. The van der Waals surface area contributed by atoms with Gasteiger partial charge in [-0.15, -0.1) is 24.0 Å². The van der Waals surface area contributed by atoms with Crippen LogP contribution in [0.4, 0.5) is 0 Å². The van der Waals surface area contributed by atoms with Gasteiger partial charge in [-0.25, -0.2) is 0 Å². The molecule has 0 saturated carbocycles. The molecule has 2 aromatic carbocycles. The van der Waals surface area contributed by atoms with Gasteiger partial charge in [0.1, 0.15) is 5.75 Å². The molecule has 1 aliphatic rings. The van der Waals surface area contributed by atoms with E-state index in [-0.39, 0.29) is 24.0 Å². The van der Waals surface area contributed by atoms with Crippen molar-refractivity contribution in [2.45, 2.75) is 19.6 Å². The highest BCUT2D eigenvalue weighted by Crippen LogP contribution is 2.11. The quantitative estimate of drug-likeness (QED) is 0.341. The van der Waals surface area contributed by atoms with Crippen molar-refractivity contribution in [1.82, 2.24) is 15.5 Å². The summed E-state index contributed by atoms with van der Waals surface area (Å²) >= 11 is 0.